The molecule has 2 N–H and O–H groups in total. The highest BCUT2D eigenvalue weighted by molar-refractivity contribution is 6.09. The van der Waals surface area contributed by atoms with Gasteiger partial charge >= 0.3 is 12.2 Å². The van der Waals surface area contributed by atoms with Crippen LogP contribution in [0.1, 0.15) is 51.9 Å². The Hall–Kier alpha value is -1.80. The first-order valence-corrected chi connectivity index (χ1v) is 7.76. The molecule has 130 valence electrons. The van der Waals surface area contributed by atoms with Crippen molar-refractivity contribution in [2.24, 2.45) is 0 Å². The van der Waals surface area contributed by atoms with E-state index >= 15 is 0 Å². The molecule has 0 bridgehead atoms. The molecule has 6 nitrogen and oxygen atoms in total. The van der Waals surface area contributed by atoms with Crippen LogP contribution in [0.5, 0.6) is 0 Å². The number of urea groups is 1. The molecule has 0 spiro atoms. The summed E-state index contributed by atoms with van der Waals surface area (Å²) >= 11 is 0. The Balaban J connectivity index is 2.26. The molecule has 2 rings (SSSR count). The van der Waals surface area contributed by atoms with Crippen molar-refractivity contribution < 1.29 is 27.6 Å². The van der Waals surface area contributed by atoms with E-state index in [0.29, 0.717) is 30.6 Å². The van der Waals surface area contributed by atoms with E-state index in [0.717, 1.165) is 12.8 Å². The molecule has 0 aromatic carbocycles. The standard InChI is InChI=1S/C14H20F3N3O3/c1-2-3-8-10(21)18-13(14(15,16)17)11(22)20(12(23)19-13)9-6-4-5-7-9/h9H,2-8H2,1H3,(H,18,21)(H,19,23). The number of carbonyl (C=O) groups excluding carboxylic acids is 3. The molecule has 2 fully saturated rings. The Morgan fingerprint density at radius 3 is 2.48 bits per heavy atom. The van der Waals surface area contributed by atoms with E-state index in [-0.39, 0.29) is 6.42 Å². The van der Waals surface area contributed by atoms with Gasteiger partial charge in [0, 0.05) is 12.5 Å². The molecule has 0 aromatic heterocycles. The Morgan fingerprint density at radius 2 is 1.96 bits per heavy atom. The van der Waals surface area contributed by atoms with Crippen molar-refractivity contribution in [1.82, 2.24) is 15.5 Å². The van der Waals surface area contributed by atoms with Gasteiger partial charge in [-0.1, -0.05) is 26.2 Å². The number of halogens is 3. The van der Waals surface area contributed by atoms with Crippen LogP contribution in [0.2, 0.25) is 0 Å². The van der Waals surface area contributed by atoms with Gasteiger partial charge in [-0.15, -0.1) is 0 Å². The molecular weight excluding hydrogens is 315 g/mol. The first-order valence-electron chi connectivity index (χ1n) is 7.76. The molecule has 23 heavy (non-hydrogen) atoms. The van der Waals surface area contributed by atoms with Gasteiger partial charge in [0.05, 0.1) is 0 Å². The van der Waals surface area contributed by atoms with E-state index in [1.165, 1.54) is 0 Å². The number of unbranched alkanes of at least 4 members (excludes halogenated alkanes) is 1. The summed E-state index contributed by atoms with van der Waals surface area (Å²) in [6.45, 7) is 1.79. The van der Waals surface area contributed by atoms with E-state index < -0.39 is 35.7 Å². The molecule has 1 heterocycles. The molecule has 1 unspecified atom stereocenters. The number of nitrogens with zero attached hydrogens (tertiary/aromatic N) is 1. The Kier molecular flexibility index (Phi) is 4.86. The number of hydrogen-bond acceptors (Lipinski definition) is 3. The van der Waals surface area contributed by atoms with Gasteiger partial charge in [-0.3, -0.25) is 19.8 Å². The normalized spacial score (nSPS) is 25.8. The van der Waals surface area contributed by atoms with Crippen molar-refractivity contribution >= 4 is 17.8 Å². The van der Waals surface area contributed by atoms with Gasteiger partial charge in [0.25, 0.3) is 11.6 Å². The molecule has 4 amide bonds. The maximum absolute atomic E-state index is 13.5. The Bertz CT molecular complexity index is 503. The van der Waals surface area contributed by atoms with Gasteiger partial charge in [0.15, 0.2) is 0 Å². The van der Waals surface area contributed by atoms with Gasteiger partial charge in [-0.2, -0.15) is 13.2 Å². The maximum atomic E-state index is 13.5. The quantitative estimate of drug-likeness (QED) is 0.755. The summed E-state index contributed by atoms with van der Waals surface area (Å²) in [7, 11) is 0. The Labute approximate surface area is 131 Å². The fourth-order valence-corrected chi connectivity index (χ4v) is 3.00. The molecule has 0 aromatic rings. The number of nitrogens with one attached hydrogen (secondary N) is 2. The van der Waals surface area contributed by atoms with Crippen molar-refractivity contribution in [3.63, 3.8) is 0 Å². The third kappa shape index (κ3) is 3.13. The number of alkyl halides is 3. The third-order valence-electron chi connectivity index (χ3n) is 4.25. The molecule has 0 radical (unpaired) electrons. The average Bonchev–Trinajstić information content (AvgIpc) is 3.04. The summed E-state index contributed by atoms with van der Waals surface area (Å²) in [6.07, 6.45) is -1.76. The third-order valence-corrected chi connectivity index (χ3v) is 4.25. The van der Waals surface area contributed by atoms with Crippen molar-refractivity contribution in [2.75, 3.05) is 0 Å². The van der Waals surface area contributed by atoms with Crippen LogP contribution in [0.4, 0.5) is 18.0 Å². The second-order valence-electron chi connectivity index (χ2n) is 5.94. The fraction of sp³-hybridized carbons (Fsp3) is 0.786. The number of hydrogen-bond donors (Lipinski definition) is 2. The molecule has 9 heteroatoms. The van der Waals surface area contributed by atoms with E-state index in [4.69, 9.17) is 0 Å². The molecule has 2 aliphatic rings. The van der Waals surface area contributed by atoms with E-state index in [1.54, 1.807) is 17.6 Å². The van der Waals surface area contributed by atoms with Crippen molar-refractivity contribution in [3.05, 3.63) is 0 Å². The minimum absolute atomic E-state index is 0.138. The number of imide groups is 1. The van der Waals surface area contributed by atoms with Crippen LogP contribution in [-0.2, 0) is 9.59 Å². The van der Waals surface area contributed by atoms with Crippen molar-refractivity contribution in [3.8, 4) is 0 Å². The lowest BCUT2D eigenvalue weighted by molar-refractivity contribution is -0.204. The van der Waals surface area contributed by atoms with Crippen LogP contribution in [0, 0.1) is 0 Å². The lowest BCUT2D eigenvalue weighted by Crippen LogP contribution is -2.69. The smallest absolute Gasteiger partial charge is 0.318 e. The van der Waals surface area contributed by atoms with Gasteiger partial charge in [-0.05, 0) is 19.3 Å². The van der Waals surface area contributed by atoms with Crippen LogP contribution in [0.15, 0.2) is 0 Å². The largest absolute Gasteiger partial charge is 0.440 e. The summed E-state index contributed by atoms with van der Waals surface area (Å²) in [5.41, 5.74) is -3.35. The molecule has 1 saturated carbocycles. The second-order valence-corrected chi connectivity index (χ2v) is 5.94. The molecule has 1 atom stereocenters. The van der Waals surface area contributed by atoms with E-state index in [1.807, 2.05) is 0 Å². The Morgan fingerprint density at radius 1 is 1.35 bits per heavy atom. The highest BCUT2D eigenvalue weighted by Crippen LogP contribution is 2.37. The van der Waals surface area contributed by atoms with Crippen LogP contribution >= 0.6 is 0 Å². The van der Waals surface area contributed by atoms with Crippen molar-refractivity contribution in [1.29, 1.82) is 0 Å². The van der Waals surface area contributed by atoms with Gasteiger partial charge in [0.2, 0.25) is 5.91 Å². The maximum Gasteiger partial charge on any atom is 0.440 e. The molecular formula is C14H20F3N3O3. The van der Waals surface area contributed by atoms with Crippen LogP contribution < -0.4 is 10.6 Å². The average molecular weight is 335 g/mol. The first-order chi connectivity index (χ1) is 10.7. The first kappa shape index (κ1) is 17.6. The summed E-state index contributed by atoms with van der Waals surface area (Å²) < 4.78 is 40.5. The summed E-state index contributed by atoms with van der Waals surface area (Å²) in [6, 6.07) is -1.64. The highest BCUT2D eigenvalue weighted by Gasteiger charge is 2.69. The monoisotopic (exact) mass is 335 g/mol. The topological polar surface area (TPSA) is 78.5 Å². The predicted molar refractivity (Wildman–Crippen MR) is 74.1 cm³/mol. The fourth-order valence-electron chi connectivity index (χ4n) is 3.00. The van der Waals surface area contributed by atoms with E-state index in [2.05, 4.69) is 0 Å². The molecule has 1 aliphatic heterocycles. The molecule has 1 saturated heterocycles. The lowest BCUT2D eigenvalue weighted by atomic mass is 10.1. The summed E-state index contributed by atoms with van der Waals surface area (Å²) in [5.74, 6) is -2.35. The van der Waals surface area contributed by atoms with Gasteiger partial charge < -0.3 is 5.32 Å². The predicted octanol–water partition coefficient (Wildman–Crippen LogP) is 2.05. The number of carbonyl (C=O) groups is 3. The molecule has 1 aliphatic carbocycles. The SMILES string of the molecule is CCCCC(=O)NC1(C(F)(F)F)NC(=O)N(C2CCCC2)C1=O. The van der Waals surface area contributed by atoms with E-state index in [9.17, 15) is 27.6 Å². The second kappa shape index (κ2) is 6.37. The van der Waals surface area contributed by atoms with Crippen LogP contribution in [0.3, 0.4) is 0 Å². The minimum Gasteiger partial charge on any atom is -0.318 e. The summed E-state index contributed by atoms with van der Waals surface area (Å²) in [4.78, 5) is 36.7. The highest BCUT2D eigenvalue weighted by atomic mass is 19.4. The van der Waals surface area contributed by atoms with Crippen LogP contribution in [-0.4, -0.2) is 40.6 Å². The van der Waals surface area contributed by atoms with Crippen molar-refractivity contribution in [2.45, 2.75) is 69.8 Å². The zero-order valence-electron chi connectivity index (χ0n) is 12.8. The lowest BCUT2D eigenvalue weighted by Gasteiger charge is -2.30. The number of amides is 4. The van der Waals surface area contributed by atoms with Crippen LogP contribution in [0.25, 0.3) is 0 Å². The zero-order chi connectivity index (χ0) is 17.3. The summed E-state index contributed by atoms with van der Waals surface area (Å²) in [5, 5.41) is 3.39. The van der Waals surface area contributed by atoms with Gasteiger partial charge in [0.1, 0.15) is 0 Å². The number of rotatable bonds is 5. The zero-order valence-corrected chi connectivity index (χ0v) is 12.8. The minimum atomic E-state index is -5.12. The van der Waals surface area contributed by atoms with Gasteiger partial charge in [-0.25, -0.2) is 4.79 Å².